The number of hydrogen-bond donors (Lipinski definition) is 0. The highest BCUT2D eigenvalue weighted by Gasteiger charge is 2.67. The van der Waals surface area contributed by atoms with Crippen molar-refractivity contribution in [1.82, 2.24) is 4.57 Å². The molecule has 1 unspecified atom stereocenters. The minimum absolute atomic E-state index is 0.696. The predicted octanol–water partition coefficient (Wildman–Crippen LogP) is 10.2. The number of nitrogens with zero attached hydrogens (tertiary/aromatic N) is 3. The van der Waals surface area contributed by atoms with Crippen molar-refractivity contribution in [3.05, 3.63) is 168 Å². The molecular weight excluding hydrogens is 663 g/mol. The molecule has 0 saturated carbocycles. The summed E-state index contributed by atoms with van der Waals surface area (Å²) >= 11 is 0. The average Bonchev–Trinajstić information content (AvgIpc) is 3.87. The van der Waals surface area contributed by atoms with Crippen LogP contribution >= 0.6 is 0 Å². The molecule has 4 nitrogen and oxygen atoms in total. The molecule has 0 radical (unpaired) electrons. The van der Waals surface area contributed by atoms with Crippen LogP contribution in [0.15, 0.2) is 150 Å². The molecule has 254 valence electrons. The molecule has 1 atom stereocenters. The van der Waals surface area contributed by atoms with Crippen molar-refractivity contribution in [2.24, 2.45) is 0 Å². The number of fused-ring (bicyclic) bond motifs is 16. The first-order valence-corrected chi connectivity index (χ1v) is 22.1. The van der Waals surface area contributed by atoms with Crippen LogP contribution in [0.25, 0.3) is 72.4 Å². The smallest absolute Gasteiger partial charge is 0.364 e. The first-order chi connectivity index (χ1) is 25.7. The Bertz CT molecular complexity index is 3020. The molecule has 5 heterocycles. The molecule has 53 heavy (non-hydrogen) atoms. The monoisotopic (exact) mass is 701 g/mol. The summed E-state index contributed by atoms with van der Waals surface area (Å²) in [6.07, 6.45) is 2.52. The highest BCUT2D eigenvalue weighted by Crippen LogP contribution is 2.52. The van der Waals surface area contributed by atoms with Gasteiger partial charge in [0.1, 0.15) is 16.8 Å². The van der Waals surface area contributed by atoms with Crippen LogP contribution in [0, 0.1) is 13.8 Å². The van der Waals surface area contributed by atoms with Gasteiger partial charge in [-0.3, -0.25) is 0 Å². The van der Waals surface area contributed by atoms with E-state index in [1.807, 2.05) is 0 Å². The second-order valence-electron chi connectivity index (χ2n) is 16.0. The van der Waals surface area contributed by atoms with E-state index in [0.717, 1.165) is 44.5 Å². The highest BCUT2D eigenvalue weighted by atomic mass is 28.3. The fraction of sp³-hybridized carbons (Fsp3) is 0.125. The summed E-state index contributed by atoms with van der Waals surface area (Å²) in [7, 11) is -1.75. The molecule has 2 aliphatic rings. The van der Waals surface area contributed by atoms with Crippen LogP contribution in [0.2, 0.25) is 19.6 Å². The molecule has 9 aromatic rings. The van der Waals surface area contributed by atoms with Crippen LogP contribution in [0.5, 0.6) is 0 Å². The highest BCUT2D eigenvalue weighted by molar-refractivity contribution is 6.88. The zero-order valence-electron chi connectivity index (χ0n) is 30.6. The van der Waals surface area contributed by atoms with Crippen LogP contribution in [0.4, 0.5) is 0 Å². The quantitative estimate of drug-likeness (QED) is 0.133. The Morgan fingerprint density at radius 1 is 0.660 bits per heavy atom. The maximum Gasteiger partial charge on any atom is 0.364 e. The van der Waals surface area contributed by atoms with Crippen molar-refractivity contribution >= 4 is 46.2 Å². The van der Waals surface area contributed by atoms with E-state index >= 15 is 0 Å². The molecule has 5 heteroatoms. The lowest BCUT2D eigenvalue weighted by Gasteiger charge is -2.23. The van der Waals surface area contributed by atoms with Crippen LogP contribution < -0.4 is 14.3 Å². The third-order valence-electron chi connectivity index (χ3n) is 11.7. The van der Waals surface area contributed by atoms with Crippen molar-refractivity contribution in [3.8, 4) is 39.5 Å². The lowest BCUT2D eigenvalue weighted by atomic mass is 9.88. The normalized spacial score (nSPS) is 15.7. The number of hydrogen-bond acceptors (Lipinski definition) is 1. The number of aryl methyl sites for hydroxylation is 2. The van der Waals surface area contributed by atoms with E-state index in [0.29, 0.717) is 0 Å². The predicted molar refractivity (Wildman–Crippen MR) is 218 cm³/mol. The van der Waals surface area contributed by atoms with E-state index in [9.17, 15) is 0 Å². The largest absolute Gasteiger partial charge is 0.455 e. The third kappa shape index (κ3) is 3.95. The average molecular weight is 702 g/mol. The van der Waals surface area contributed by atoms with Crippen LogP contribution in [0.1, 0.15) is 22.3 Å². The Morgan fingerprint density at radius 2 is 1.43 bits per heavy atom. The number of benzene rings is 6. The van der Waals surface area contributed by atoms with Gasteiger partial charge in [0.15, 0.2) is 22.8 Å². The lowest BCUT2D eigenvalue weighted by molar-refractivity contribution is -0.944. The van der Waals surface area contributed by atoms with Crippen molar-refractivity contribution in [2.45, 2.75) is 39.2 Å². The van der Waals surface area contributed by atoms with E-state index in [4.69, 9.17) is 4.42 Å². The second-order valence-corrected chi connectivity index (χ2v) is 21.0. The summed E-state index contributed by atoms with van der Waals surface area (Å²) in [6.45, 7) is 11.9. The summed E-state index contributed by atoms with van der Waals surface area (Å²) in [5.41, 5.74) is 15.8. The van der Waals surface area contributed by atoms with Gasteiger partial charge in [-0.2, -0.15) is 4.57 Å². The summed E-state index contributed by atoms with van der Waals surface area (Å²) in [5.74, 6) is 1.12. The SMILES string of the molecule is Cc1ccc2c(c1)C1(c3ccc4c(oc5ccccc54)c3-c3n(-c4cccc(-c5ccccc5)c4)c4ccccc4[n+]31)[n+]1cc([Si](C)(C)C)c(C)cc1-2. The summed E-state index contributed by atoms with van der Waals surface area (Å²) in [4.78, 5) is 0. The van der Waals surface area contributed by atoms with E-state index in [1.54, 1.807) is 0 Å². The molecule has 1 spiro atoms. The summed E-state index contributed by atoms with van der Waals surface area (Å²) < 4.78 is 14.8. The van der Waals surface area contributed by atoms with E-state index in [2.05, 4.69) is 193 Å². The number of furan rings is 1. The van der Waals surface area contributed by atoms with Gasteiger partial charge in [0.05, 0.1) is 24.8 Å². The third-order valence-corrected chi connectivity index (χ3v) is 13.9. The molecule has 3 aromatic heterocycles. The van der Waals surface area contributed by atoms with Crippen molar-refractivity contribution in [3.63, 3.8) is 0 Å². The van der Waals surface area contributed by atoms with Crippen LogP contribution in [-0.4, -0.2) is 12.6 Å². The van der Waals surface area contributed by atoms with Crippen LogP contribution in [0.3, 0.4) is 0 Å². The van der Waals surface area contributed by atoms with Gasteiger partial charge in [-0.25, -0.2) is 0 Å². The van der Waals surface area contributed by atoms with E-state index in [1.165, 1.54) is 55.3 Å². The number of pyridine rings is 1. The Kier molecular flexibility index (Phi) is 6.07. The number of para-hydroxylation sites is 3. The van der Waals surface area contributed by atoms with Gasteiger partial charge in [-0.1, -0.05) is 104 Å². The van der Waals surface area contributed by atoms with Gasteiger partial charge in [-0.05, 0) is 85.1 Å². The molecule has 0 N–H and O–H groups in total. The van der Waals surface area contributed by atoms with Crippen molar-refractivity contribution in [2.75, 3.05) is 0 Å². The number of aromatic nitrogens is 3. The zero-order chi connectivity index (χ0) is 35.8. The molecule has 0 fully saturated rings. The molecule has 0 bridgehead atoms. The molecule has 0 aliphatic carbocycles. The number of imidazole rings is 1. The molecule has 0 saturated heterocycles. The molecular formula is C48H39N3OSi+2. The summed E-state index contributed by atoms with van der Waals surface area (Å²) in [5, 5.41) is 3.75. The Morgan fingerprint density at radius 3 is 2.28 bits per heavy atom. The van der Waals surface area contributed by atoms with Crippen LogP contribution in [-0.2, 0) is 5.66 Å². The standard InChI is InChI=1S/C48H39N3OSi/c1-30-22-23-37-39(26-30)48(49-29-44(53(3,4)5)31(2)27-42(37)49)38-25-24-36-35-18-9-12-21-43(35)52-46(36)45(38)47-50(40-19-10-11-20-41(40)51(47)48)34-17-13-16-33(28-34)32-14-7-6-8-15-32/h6-29H,1-5H3/q+2. The zero-order valence-corrected chi connectivity index (χ0v) is 31.6. The first-order valence-electron chi connectivity index (χ1n) is 18.6. The molecule has 2 aliphatic heterocycles. The van der Waals surface area contributed by atoms with Gasteiger partial charge in [0.2, 0.25) is 5.69 Å². The van der Waals surface area contributed by atoms with Gasteiger partial charge < -0.3 is 4.42 Å². The van der Waals surface area contributed by atoms with Crippen molar-refractivity contribution < 1.29 is 13.6 Å². The Hall–Kier alpha value is -6.04. The van der Waals surface area contributed by atoms with E-state index < -0.39 is 13.7 Å². The molecule has 0 amide bonds. The lowest BCUT2D eigenvalue weighted by Crippen LogP contribution is -2.72. The van der Waals surface area contributed by atoms with Gasteiger partial charge in [-0.15, -0.1) is 9.13 Å². The number of rotatable bonds is 3. The first kappa shape index (κ1) is 30.6. The minimum atomic E-state index is -1.75. The van der Waals surface area contributed by atoms with E-state index in [-0.39, 0.29) is 0 Å². The van der Waals surface area contributed by atoms with Gasteiger partial charge >= 0.3 is 11.5 Å². The van der Waals surface area contributed by atoms with Crippen molar-refractivity contribution in [1.29, 1.82) is 0 Å². The topological polar surface area (TPSA) is 25.8 Å². The Labute approximate surface area is 309 Å². The summed E-state index contributed by atoms with van der Waals surface area (Å²) in [6, 6.07) is 51.3. The fourth-order valence-electron chi connectivity index (χ4n) is 9.58. The van der Waals surface area contributed by atoms with Gasteiger partial charge in [0, 0.05) is 22.0 Å². The maximum absolute atomic E-state index is 7.00. The maximum atomic E-state index is 7.00. The minimum Gasteiger partial charge on any atom is -0.455 e. The second kappa shape index (κ2) is 10.5. The molecule has 11 rings (SSSR count). The molecule has 6 aromatic carbocycles. The fourth-order valence-corrected chi connectivity index (χ4v) is 11.3. The van der Waals surface area contributed by atoms with Gasteiger partial charge in [0.25, 0.3) is 0 Å². The Balaban J connectivity index is 1.37.